The van der Waals surface area contributed by atoms with Crippen LogP contribution in [0.15, 0.2) is 18.2 Å². The minimum Gasteiger partial charge on any atom is -0.463 e. The summed E-state index contributed by atoms with van der Waals surface area (Å²) in [6.45, 7) is 7.90. The van der Waals surface area contributed by atoms with E-state index in [0.29, 0.717) is 18.7 Å². The quantitative estimate of drug-likeness (QED) is 0.592. The summed E-state index contributed by atoms with van der Waals surface area (Å²) in [5.74, 6) is -0.286. The molecule has 0 aliphatic carbocycles. The maximum absolute atomic E-state index is 12.6. The van der Waals surface area contributed by atoms with E-state index >= 15 is 0 Å². The van der Waals surface area contributed by atoms with E-state index in [-0.39, 0.29) is 17.3 Å². The van der Waals surface area contributed by atoms with Crippen LogP contribution in [0.25, 0.3) is 0 Å². The van der Waals surface area contributed by atoms with Crippen LogP contribution in [0.5, 0.6) is 0 Å². The number of nitrogens with zero attached hydrogens (tertiary/aromatic N) is 3. The highest BCUT2D eigenvalue weighted by atomic mass is 16.5. The maximum atomic E-state index is 12.6. The molecule has 0 unspecified atom stereocenters. The van der Waals surface area contributed by atoms with Gasteiger partial charge in [-0.05, 0) is 32.3 Å². The second-order valence-corrected chi connectivity index (χ2v) is 6.78. The van der Waals surface area contributed by atoms with Gasteiger partial charge in [-0.1, -0.05) is 19.9 Å². The van der Waals surface area contributed by atoms with Crippen molar-refractivity contribution in [3.05, 3.63) is 29.6 Å². The summed E-state index contributed by atoms with van der Waals surface area (Å²) >= 11 is 0. The summed E-state index contributed by atoms with van der Waals surface area (Å²) in [4.78, 5) is 25.8. The fourth-order valence-electron chi connectivity index (χ4n) is 2.83. The molecule has 1 aromatic heterocycles. The topological polar surface area (TPSA) is 64.4 Å². The molecule has 24 heavy (non-hydrogen) atoms. The molecule has 1 amide bonds. The summed E-state index contributed by atoms with van der Waals surface area (Å²) in [5, 5.41) is 4.53. The minimum absolute atomic E-state index is 0.0478. The van der Waals surface area contributed by atoms with Gasteiger partial charge in [0.2, 0.25) is 0 Å². The standard InChI is InChI=1S/C18H27N3O3/c1-5-24-16(22)9-8-10-18(2,3)15-13-14(20(4)19-15)17(23)21-11-6-7-12-21/h8-9,13H,5-7,10-12H2,1-4H3/b9-8+. The zero-order chi connectivity index (χ0) is 17.7. The maximum Gasteiger partial charge on any atom is 0.330 e. The van der Waals surface area contributed by atoms with E-state index in [1.807, 2.05) is 11.0 Å². The van der Waals surface area contributed by atoms with Gasteiger partial charge in [0.1, 0.15) is 5.69 Å². The number of rotatable bonds is 6. The number of aryl methyl sites for hydroxylation is 1. The Morgan fingerprint density at radius 3 is 2.62 bits per heavy atom. The van der Waals surface area contributed by atoms with Crippen molar-refractivity contribution in [3.8, 4) is 0 Å². The second kappa shape index (κ2) is 7.64. The van der Waals surface area contributed by atoms with Gasteiger partial charge < -0.3 is 9.64 Å². The number of aromatic nitrogens is 2. The fraction of sp³-hybridized carbons (Fsp3) is 0.611. The summed E-state index contributed by atoms with van der Waals surface area (Å²) in [6, 6.07) is 1.87. The van der Waals surface area contributed by atoms with Crippen LogP contribution in [0.3, 0.4) is 0 Å². The highest BCUT2D eigenvalue weighted by Crippen LogP contribution is 2.27. The van der Waals surface area contributed by atoms with Gasteiger partial charge in [0, 0.05) is 31.6 Å². The average molecular weight is 333 g/mol. The van der Waals surface area contributed by atoms with E-state index in [4.69, 9.17) is 4.74 Å². The molecular formula is C18H27N3O3. The molecule has 0 atom stereocenters. The van der Waals surface area contributed by atoms with Crippen molar-refractivity contribution in [1.82, 2.24) is 14.7 Å². The number of likely N-dealkylation sites (tertiary alicyclic amines) is 1. The number of carbonyl (C=O) groups excluding carboxylic acids is 2. The Labute approximate surface area is 143 Å². The minimum atomic E-state index is -0.334. The largest absolute Gasteiger partial charge is 0.463 e. The predicted octanol–water partition coefficient (Wildman–Crippen LogP) is 2.44. The van der Waals surface area contributed by atoms with Crippen LogP contribution in [0.2, 0.25) is 0 Å². The molecule has 0 saturated carbocycles. The zero-order valence-electron chi connectivity index (χ0n) is 15.0. The highest BCUT2D eigenvalue weighted by Gasteiger charge is 2.28. The van der Waals surface area contributed by atoms with Gasteiger partial charge in [0.05, 0.1) is 12.3 Å². The number of allylic oxidation sites excluding steroid dienone is 1. The molecule has 1 aromatic rings. The first kappa shape index (κ1) is 18.2. The fourth-order valence-corrected chi connectivity index (χ4v) is 2.83. The smallest absolute Gasteiger partial charge is 0.330 e. The summed E-state index contributed by atoms with van der Waals surface area (Å²) in [5.41, 5.74) is 1.19. The molecule has 0 aromatic carbocycles. The van der Waals surface area contributed by atoms with Crippen molar-refractivity contribution in [2.75, 3.05) is 19.7 Å². The molecular weight excluding hydrogens is 306 g/mol. The number of amides is 1. The number of carbonyl (C=O) groups is 2. The normalized spacial score (nSPS) is 15.2. The van der Waals surface area contributed by atoms with Crippen molar-refractivity contribution in [3.63, 3.8) is 0 Å². The molecule has 0 radical (unpaired) electrons. The van der Waals surface area contributed by atoms with Crippen molar-refractivity contribution < 1.29 is 14.3 Å². The highest BCUT2D eigenvalue weighted by molar-refractivity contribution is 5.93. The van der Waals surface area contributed by atoms with E-state index in [1.54, 1.807) is 24.7 Å². The van der Waals surface area contributed by atoms with Crippen LogP contribution in [0.1, 0.15) is 56.2 Å². The van der Waals surface area contributed by atoms with Crippen molar-refractivity contribution in [2.24, 2.45) is 7.05 Å². The van der Waals surface area contributed by atoms with E-state index in [0.717, 1.165) is 31.6 Å². The number of esters is 1. The molecule has 2 heterocycles. The molecule has 0 spiro atoms. The molecule has 6 heteroatoms. The average Bonchev–Trinajstić information content (AvgIpc) is 3.16. The number of hydrogen-bond donors (Lipinski definition) is 0. The van der Waals surface area contributed by atoms with Gasteiger partial charge >= 0.3 is 5.97 Å². The van der Waals surface area contributed by atoms with Crippen LogP contribution in [0, 0.1) is 0 Å². The lowest BCUT2D eigenvalue weighted by molar-refractivity contribution is -0.137. The Morgan fingerprint density at radius 2 is 2.00 bits per heavy atom. The molecule has 0 bridgehead atoms. The molecule has 132 valence electrons. The van der Waals surface area contributed by atoms with Crippen LogP contribution < -0.4 is 0 Å². The number of hydrogen-bond acceptors (Lipinski definition) is 4. The third-order valence-corrected chi connectivity index (χ3v) is 4.35. The monoisotopic (exact) mass is 333 g/mol. The van der Waals surface area contributed by atoms with Gasteiger partial charge in [0.25, 0.3) is 5.91 Å². The van der Waals surface area contributed by atoms with E-state index in [1.165, 1.54) is 6.08 Å². The van der Waals surface area contributed by atoms with E-state index in [9.17, 15) is 9.59 Å². The second-order valence-electron chi connectivity index (χ2n) is 6.78. The number of ether oxygens (including phenoxy) is 1. The lowest BCUT2D eigenvalue weighted by Crippen LogP contribution is -2.29. The Balaban J connectivity index is 2.09. The van der Waals surface area contributed by atoms with Crippen LogP contribution in [-0.4, -0.2) is 46.3 Å². The summed E-state index contributed by atoms with van der Waals surface area (Å²) in [7, 11) is 1.80. The first-order valence-corrected chi connectivity index (χ1v) is 8.52. The molecule has 6 nitrogen and oxygen atoms in total. The van der Waals surface area contributed by atoms with Gasteiger partial charge in [-0.2, -0.15) is 5.10 Å². The lowest BCUT2D eigenvalue weighted by Gasteiger charge is -2.20. The third kappa shape index (κ3) is 4.24. The van der Waals surface area contributed by atoms with Gasteiger partial charge in [0.15, 0.2) is 0 Å². The van der Waals surface area contributed by atoms with Gasteiger partial charge in [-0.25, -0.2) is 4.79 Å². The van der Waals surface area contributed by atoms with Crippen LogP contribution in [-0.2, 0) is 22.0 Å². The molecule has 1 aliphatic rings. The molecule has 0 N–H and O–H groups in total. The Kier molecular flexibility index (Phi) is 5.80. The summed E-state index contributed by atoms with van der Waals surface area (Å²) < 4.78 is 6.54. The lowest BCUT2D eigenvalue weighted by atomic mass is 9.85. The SMILES string of the molecule is CCOC(=O)/C=C/CC(C)(C)c1cc(C(=O)N2CCCC2)n(C)n1. The molecule has 1 saturated heterocycles. The van der Waals surface area contributed by atoms with E-state index < -0.39 is 0 Å². The van der Waals surface area contributed by atoms with Crippen LogP contribution in [0.4, 0.5) is 0 Å². The van der Waals surface area contributed by atoms with Crippen molar-refractivity contribution in [1.29, 1.82) is 0 Å². The third-order valence-electron chi connectivity index (χ3n) is 4.35. The first-order valence-electron chi connectivity index (χ1n) is 8.52. The van der Waals surface area contributed by atoms with Gasteiger partial charge in [-0.15, -0.1) is 0 Å². The molecule has 2 rings (SSSR count). The van der Waals surface area contributed by atoms with Crippen molar-refractivity contribution in [2.45, 2.75) is 45.4 Å². The van der Waals surface area contributed by atoms with Crippen LogP contribution >= 0.6 is 0 Å². The predicted molar refractivity (Wildman–Crippen MR) is 91.8 cm³/mol. The summed E-state index contributed by atoms with van der Waals surface area (Å²) in [6.07, 6.45) is 6.03. The van der Waals surface area contributed by atoms with E-state index in [2.05, 4.69) is 18.9 Å². The molecule has 1 fully saturated rings. The molecule has 1 aliphatic heterocycles. The van der Waals surface area contributed by atoms with Gasteiger partial charge in [-0.3, -0.25) is 9.48 Å². The Morgan fingerprint density at radius 1 is 1.33 bits per heavy atom. The van der Waals surface area contributed by atoms with Crippen molar-refractivity contribution >= 4 is 11.9 Å². The Bertz CT molecular complexity index is 625. The first-order chi connectivity index (χ1) is 11.3. The zero-order valence-corrected chi connectivity index (χ0v) is 15.0. The Hall–Kier alpha value is -2.11.